The Balaban J connectivity index is 2.86. The molecular weight excluding hydrogens is 192 g/mol. The van der Waals surface area contributed by atoms with Gasteiger partial charge in [0, 0.05) is 0 Å². The third-order valence-corrected chi connectivity index (χ3v) is 1.84. The molecule has 80 valence electrons. The predicted molar refractivity (Wildman–Crippen MR) is 60.1 cm³/mol. The Morgan fingerprint density at radius 1 is 1.53 bits per heavy atom. The van der Waals surface area contributed by atoms with Gasteiger partial charge in [-0.25, -0.2) is 4.79 Å². The van der Waals surface area contributed by atoms with E-state index < -0.39 is 0 Å². The Bertz CT molecular complexity index is 375. The first-order valence-electron chi connectivity index (χ1n) is 4.50. The summed E-state index contributed by atoms with van der Waals surface area (Å²) < 4.78 is 5.11. The molecule has 0 saturated heterocycles. The Morgan fingerprint density at radius 2 is 2.27 bits per heavy atom. The zero-order valence-corrected chi connectivity index (χ0v) is 8.83. The minimum atomic E-state index is -0.339. The molecule has 0 aliphatic heterocycles. The van der Waals surface area contributed by atoms with Crippen LogP contribution in [0, 0.1) is 6.92 Å². The number of urea groups is 1. The third kappa shape index (κ3) is 3.02. The summed E-state index contributed by atoms with van der Waals surface area (Å²) in [5.41, 5.74) is 1.68. The number of methoxy groups -OCH3 is 1. The van der Waals surface area contributed by atoms with Gasteiger partial charge in [0.25, 0.3) is 0 Å². The van der Waals surface area contributed by atoms with E-state index in [1.165, 1.54) is 6.20 Å². The maximum absolute atomic E-state index is 11.2. The minimum absolute atomic E-state index is 0.339. The molecule has 0 atom stereocenters. The molecule has 0 heterocycles. The molecule has 0 saturated carbocycles. The van der Waals surface area contributed by atoms with Crippen molar-refractivity contribution in [1.82, 2.24) is 5.32 Å². The lowest BCUT2D eigenvalue weighted by Gasteiger charge is -2.10. The number of aryl methyl sites for hydroxylation is 1. The number of hydrogen-bond donors (Lipinski definition) is 2. The number of carbonyl (C=O) groups excluding carboxylic acids is 1. The highest BCUT2D eigenvalue weighted by atomic mass is 16.5. The second-order valence-electron chi connectivity index (χ2n) is 3.01. The van der Waals surface area contributed by atoms with Crippen LogP contribution >= 0.6 is 0 Å². The largest absolute Gasteiger partial charge is 0.495 e. The number of anilines is 1. The van der Waals surface area contributed by atoms with Gasteiger partial charge in [-0.05, 0) is 30.8 Å². The SMILES string of the molecule is C=CNC(=O)Nc1cc(C)ccc1OC. The van der Waals surface area contributed by atoms with Crippen LogP contribution in [0.3, 0.4) is 0 Å². The fraction of sp³-hybridized carbons (Fsp3) is 0.182. The van der Waals surface area contributed by atoms with Crippen molar-refractivity contribution < 1.29 is 9.53 Å². The van der Waals surface area contributed by atoms with E-state index in [0.29, 0.717) is 11.4 Å². The maximum Gasteiger partial charge on any atom is 0.323 e. The second-order valence-corrected chi connectivity index (χ2v) is 3.01. The van der Waals surface area contributed by atoms with E-state index in [-0.39, 0.29) is 6.03 Å². The van der Waals surface area contributed by atoms with Crippen molar-refractivity contribution in [2.45, 2.75) is 6.92 Å². The van der Waals surface area contributed by atoms with E-state index in [0.717, 1.165) is 5.56 Å². The molecular formula is C11H14N2O2. The van der Waals surface area contributed by atoms with Crippen molar-refractivity contribution >= 4 is 11.7 Å². The van der Waals surface area contributed by atoms with Gasteiger partial charge in [0.2, 0.25) is 0 Å². The number of hydrogen-bond acceptors (Lipinski definition) is 2. The molecule has 15 heavy (non-hydrogen) atoms. The number of nitrogens with one attached hydrogen (secondary N) is 2. The number of amides is 2. The normalized spacial score (nSPS) is 9.20. The predicted octanol–water partition coefficient (Wildman–Crippen LogP) is 2.27. The molecule has 0 bridgehead atoms. The monoisotopic (exact) mass is 206 g/mol. The fourth-order valence-electron chi connectivity index (χ4n) is 1.17. The van der Waals surface area contributed by atoms with Crippen LogP contribution in [0.4, 0.5) is 10.5 Å². The van der Waals surface area contributed by atoms with E-state index in [4.69, 9.17) is 4.74 Å². The Hall–Kier alpha value is -1.97. The Morgan fingerprint density at radius 3 is 2.87 bits per heavy atom. The molecule has 0 aliphatic rings. The van der Waals surface area contributed by atoms with Gasteiger partial charge in [0.1, 0.15) is 5.75 Å². The van der Waals surface area contributed by atoms with Gasteiger partial charge in [-0.2, -0.15) is 0 Å². The fourth-order valence-corrected chi connectivity index (χ4v) is 1.17. The van der Waals surface area contributed by atoms with Gasteiger partial charge in [-0.3, -0.25) is 0 Å². The quantitative estimate of drug-likeness (QED) is 0.797. The molecule has 4 heteroatoms. The van der Waals surface area contributed by atoms with E-state index in [1.54, 1.807) is 13.2 Å². The van der Waals surface area contributed by atoms with Crippen molar-refractivity contribution in [3.63, 3.8) is 0 Å². The first-order valence-corrected chi connectivity index (χ1v) is 4.50. The van der Waals surface area contributed by atoms with Crippen LogP contribution in [-0.4, -0.2) is 13.1 Å². The molecule has 0 aromatic heterocycles. The van der Waals surface area contributed by atoms with Gasteiger partial charge in [-0.15, -0.1) is 0 Å². The van der Waals surface area contributed by atoms with E-state index in [1.807, 2.05) is 19.1 Å². The van der Waals surface area contributed by atoms with Gasteiger partial charge in [-0.1, -0.05) is 12.6 Å². The molecule has 0 fully saturated rings. The summed E-state index contributed by atoms with van der Waals surface area (Å²) in [7, 11) is 1.56. The zero-order chi connectivity index (χ0) is 11.3. The highest BCUT2D eigenvalue weighted by Gasteiger charge is 2.05. The van der Waals surface area contributed by atoms with Gasteiger partial charge in [0.15, 0.2) is 0 Å². The third-order valence-electron chi connectivity index (χ3n) is 1.84. The minimum Gasteiger partial charge on any atom is -0.495 e. The van der Waals surface area contributed by atoms with Crippen molar-refractivity contribution in [2.24, 2.45) is 0 Å². The van der Waals surface area contributed by atoms with E-state index >= 15 is 0 Å². The highest BCUT2D eigenvalue weighted by molar-refractivity contribution is 5.91. The summed E-state index contributed by atoms with van der Waals surface area (Å²) in [4.78, 5) is 11.2. The average Bonchev–Trinajstić information content (AvgIpc) is 2.18. The molecule has 0 unspecified atom stereocenters. The lowest BCUT2D eigenvalue weighted by molar-refractivity contribution is 0.255. The van der Waals surface area contributed by atoms with Gasteiger partial charge < -0.3 is 15.4 Å². The maximum atomic E-state index is 11.2. The molecule has 0 radical (unpaired) electrons. The van der Waals surface area contributed by atoms with Crippen LogP contribution in [0.2, 0.25) is 0 Å². The first-order chi connectivity index (χ1) is 7.17. The van der Waals surface area contributed by atoms with Gasteiger partial charge in [0.05, 0.1) is 12.8 Å². The molecule has 1 rings (SSSR count). The van der Waals surface area contributed by atoms with Crippen LogP contribution < -0.4 is 15.4 Å². The second kappa shape index (κ2) is 5.05. The van der Waals surface area contributed by atoms with Crippen molar-refractivity contribution in [2.75, 3.05) is 12.4 Å². The van der Waals surface area contributed by atoms with Crippen LogP contribution in [0.1, 0.15) is 5.56 Å². The Labute approximate surface area is 88.9 Å². The van der Waals surface area contributed by atoms with Crippen molar-refractivity contribution in [3.05, 3.63) is 36.5 Å². The lowest BCUT2D eigenvalue weighted by atomic mass is 10.2. The van der Waals surface area contributed by atoms with Crippen molar-refractivity contribution in [3.8, 4) is 5.75 Å². The van der Waals surface area contributed by atoms with Crippen LogP contribution in [0.15, 0.2) is 31.0 Å². The molecule has 1 aromatic carbocycles. The summed E-state index contributed by atoms with van der Waals surface area (Å²) >= 11 is 0. The average molecular weight is 206 g/mol. The van der Waals surface area contributed by atoms with Crippen LogP contribution in [-0.2, 0) is 0 Å². The van der Waals surface area contributed by atoms with Gasteiger partial charge >= 0.3 is 6.03 Å². The molecule has 0 aliphatic carbocycles. The molecule has 1 aromatic rings. The summed E-state index contributed by atoms with van der Waals surface area (Å²) in [5, 5.41) is 5.08. The number of ether oxygens (including phenoxy) is 1. The summed E-state index contributed by atoms with van der Waals surface area (Å²) in [6, 6.07) is 5.21. The standard InChI is InChI=1S/C11H14N2O2/c1-4-12-11(14)13-9-7-8(2)5-6-10(9)15-3/h4-7H,1H2,2-3H3,(H2,12,13,14). The molecule has 2 N–H and O–H groups in total. The van der Waals surface area contributed by atoms with E-state index in [2.05, 4.69) is 17.2 Å². The van der Waals surface area contributed by atoms with Crippen LogP contribution in [0.5, 0.6) is 5.75 Å². The molecule has 0 spiro atoms. The topological polar surface area (TPSA) is 50.4 Å². The Kier molecular flexibility index (Phi) is 3.74. The van der Waals surface area contributed by atoms with Crippen molar-refractivity contribution in [1.29, 1.82) is 0 Å². The van der Waals surface area contributed by atoms with Crippen LogP contribution in [0.25, 0.3) is 0 Å². The summed E-state index contributed by atoms with van der Waals surface area (Å²) in [5.74, 6) is 0.625. The number of rotatable bonds is 3. The highest BCUT2D eigenvalue weighted by Crippen LogP contribution is 2.24. The summed E-state index contributed by atoms with van der Waals surface area (Å²) in [6.07, 6.45) is 1.32. The number of carbonyl (C=O) groups is 1. The molecule has 4 nitrogen and oxygen atoms in total. The lowest BCUT2D eigenvalue weighted by Crippen LogP contribution is -2.23. The first kappa shape index (κ1) is 11.1. The molecule has 2 amide bonds. The van der Waals surface area contributed by atoms with E-state index in [9.17, 15) is 4.79 Å². The smallest absolute Gasteiger partial charge is 0.323 e. The summed E-state index contributed by atoms with van der Waals surface area (Å²) in [6.45, 7) is 5.34. The number of benzene rings is 1. The zero-order valence-electron chi connectivity index (χ0n) is 8.83.